The molecule has 16 heavy (non-hydrogen) atoms. The van der Waals surface area contributed by atoms with Gasteiger partial charge in [-0.3, -0.25) is 9.59 Å². The molecule has 1 aromatic carbocycles. The van der Waals surface area contributed by atoms with Gasteiger partial charge < -0.3 is 10.6 Å². The molecule has 84 valence electrons. The van der Waals surface area contributed by atoms with Gasteiger partial charge in [0.15, 0.2) is 0 Å². The van der Waals surface area contributed by atoms with E-state index in [1.807, 2.05) is 0 Å². The summed E-state index contributed by atoms with van der Waals surface area (Å²) < 4.78 is 12.4. The van der Waals surface area contributed by atoms with Crippen LogP contribution in [0, 0.1) is 0 Å². The van der Waals surface area contributed by atoms with Crippen molar-refractivity contribution < 1.29 is 14.0 Å². The van der Waals surface area contributed by atoms with Crippen molar-refractivity contribution in [3.8, 4) is 0 Å². The quantitative estimate of drug-likeness (QED) is 0.775. The summed E-state index contributed by atoms with van der Waals surface area (Å²) in [6, 6.07) is 4.84. The van der Waals surface area contributed by atoms with Crippen molar-refractivity contribution in [1.29, 1.82) is 0 Å². The van der Waals surface area contributed by atoms with Crippen LogP contribution in [-0.4, -0.2) is 17.4 Å². The smallest absolute Gasteiger partial charge is 0.274 e. The number of alkyl halides is 2. The largest absolute Gasteiger partial charge is 0.326 e. The molecule has 0 spiro atoms. The summed E-state index contributed by atoms with van der Waals surface area (Å²) in [5.74, 6) is -1.02. The van der Waals surface area contributed by atoms with Gasteiger partial charge in [-0.25, -0.2) is 4.39 Å². The predicted octanol–water partition coefficient (Wildman–Crippen LogP) is 1.65. The minimum absolute atomic E-state index is 0.0980. The minimum Gasteiger partial charge on any atom is -0.326 e. The second-order valence-corrected chi connectivity index (χ2v) is 3.77. The molecule has 1 unspecified atom stereocenters. The molecule has 0 bridgehead atoms. The Morgan fingerprint density at radius 3 is 3.00 bits per heavy atom. The Morgan fingerprint density at radius 2 is 2.31 bits per heavy atom. The second-order valence-electron chi connectivity index (χ2n) is 3.39. The number of amides is 2. The third-order valence-electron chi connectivity index (χ3n) is 2.20. The summed E-state index contributed by atoms with van der Waals surface area (Å²) in [4.78, 5) is 22.0. The number of halogens is 2. The van der Waals surface area contributed by atoms with Crippen LogP contribution < -0.4 is 10.6 Å². The monoisotopic (exact) mass is 242 g/mol. The number of carbonyl (C=O) groups excluding carboxylic acids is 2. The fourth-order valence-corrected chi connectivity index (χ4v) is 1.56. The predicted molar refractivity (Wildman–Crippen MR) is 58.2 cm³/mol. The zero-order chi connectivity index (χ0) is 11.7. The lowest BCUT2D eigenvalue weighted by atomic mass is 10.1. The first kappa shape index (κ1) is 10.9. The Bertz CT molecular complexity index is 462. The lowest BCUT2D eigenvalue weighted by molar-refractivity contribution is -0.118. The van der Waals surface area contributed by atoms with Crippen LogP contribution in [0.4, 0.5) is 15.8 Å². The van der Waals surface area contributed by atoms with Crippen LogP contribution in [0.1, 0.15) is 5.56 Å². The maximum atomic E-state index is 12.4. The first-order chi connectivity index (χ1) is 7.56. The average Bonchev–Trinajstić information content (AvgIpc) is 2.57. The summed E-state index contributed by atoms with van der Waals surface area (Å²) >= 11 is 4.97. The van der Waals surface area contributed by atoms with E-state index < -0.39 is 11.5 Å². The highest BCUT2D eigenvalue weighted by Crippen LogP contribution is 2.26. The van der Waals surface area contributed by atoms with E-state index in [2.05, 4.69) is 10.6 Å². The Balaban J connectivity index is 2.17. The highest BCUT2D eigenvalue weighted by atomic mass is 35.5. The molecule has 2 N–H and O–H groups in total. The lowest BCUT2D eigenvalue weighted by Gasteiger charge is -2.06. The van der Waals surface area contributed by atoms with Crippen LogP contribution in [0.2, 0.25) is 0 Å². The SMILES string of the molecule is O=C1Cc2cc(NC(=O)C(F)Cl)ccc2N1. The number of anilines is 2. The summed E-state index contributed by atoms with van der Waals surface area (Å²) in [7, 11) is 0. The number of fused-ring (bicyclic) bond motifs is 1. The Morgan fingerprint density at radius 1 is 1.56 bits per heavy atom. The van der Waals surface area contributed by atoms with Gasteiger partial charge in [0.25, 0.3) is 11.5 Å². The average molecular weight is 243 g/mol. The highest BCUT2D eigenvalue weighted by Gasteiger charge is 2.19. The highest BCUT2D eigenvalue weighted by molar-refractivity contribution is 6.31. The molecular weight excluding hydrogens is 235 g/mol. The molecule has 1 aliphatic rings. The van der Waals surface area contributed by atoms with Gasteiger partial charge >= 0.3 is 0 Å². The molecule has 0 fully saturated rings. The number of nitrogens with one attached hydrogen (secondary N) is 2. The van der Waals surface area contributed by atoms with E-state index in [1.165, 1.54) is 0 Å². The van der Waals surface area contributed by atoms with E-state index in [-0.39, 0.29) is 12.3 Å². The molecule has 1 heterocycles. The summed E-state index contributed by atoms with van der Waals surface area (Å²) in [6.45, 7) is 0. The van der Waals surface area contributed by atoms with Crippen molar-refractivity contribution in [3.63, 3.8) is 0 Å². The van der Waals surface area contributed by atoms with Crippen molar-refractivity contribution in [3.05, 3.63) is 23.8 Å². The fraction of sp³-hybridized carbons (Fsp3) is 0.200. The fourth-order valence-electron chi connectivity index (χ4n) is 1.50. The van der Waals surface area contributed by atoms with E-state index in [0.717, 1.165) is 5.56 Å². The van der Waals surface area contributed by atoms with Crippen LogP contribution in [0.3, 0.4) is 0 Å². The summed E-state index contributed by atoms with van der Waals surface area (Å²) in [5, 5.41) is 4.95. The van der Waals surface area contributed by atoms with Gasteiger partial charge in [0, 0.05) is 11.4 Å². The third kappa shape index (κ3) is 2.14. The van der Waals surface area contributed by atoms with Crippen molar-refractivity contribution in [2.75, 3.05) is 10.6 Å². The first-order valence-electron chi connectivity index (χ1n) is 4.58. The molecule has 1 aliphatic heterocycles. The van der Waals surface area contributed by atoms with Crippen LogP contribution >= 0.6 is 11.6 Å². The zero-order valence-corrected chi connectivity index (χ0v) is 8.84. The molecule has 2 amide bonds. The maximum absolute atomic E-state index is 12.4. The molecule has 0 aliphatic carbocycles. The molecule has 1 atom stereocenters. The molecule has 2 rings (SSSR count). The number of carbonyl (C=O) groups is 2. The van der Waals surface area contributed by atoms with Gasteiger partial charge in [0.1, 0.15) is 0 Å². The number of rotatable bonds is 2. The maximum Gasteiger partial charge on any atom is 0.274 e. The molecule has 0 saturated heterocycles. The third-order valence-corrected chi connectivity index (χ3v) is 2.39. The number of hydrogen-bond acceptors (Lipinski definition) is 2. The Labute approximate surface area is 95.8 Å². The summed E-state index contributed by atoms with van der Waals surface area (Å²) in [5.41, 5.74) is -0.171. The van der Waals surface area contributed by atoms with E-state index in [4.69, 9.17) is 11.6 Å². The molecule has 0 radical (unpaired) electrons. The topological polar surface area (TPSA) is 58.2 Å². The van der Waals surface area contributed by atoms with Crippen LogP contribution in [0.5, 0.6) is 0 Å². The van der Waals surface area contributed by atoms with Crippen molar-refractivity contribution in [1.82, 2.24) is 0 Å². The normalized spacial score (nSPS) is 15.2. The van der Waals surface area contributed by atoms with Gasteiger partial charge in [-0.2, -0.15) is 0 Å². The van der Waals surface area contributed by atoms with E-state index in [1.54, 1.807) is 18.2 Å². The van der Waals surface area contributed by atoms with Gasteiger partial charge in [0.2, 0.25) is 5.91 Å². The number of hydrogen-bond donors (Lipinski definition) is 2. The number of benzene rings is 1. The molecular formula is C10H8ClFN2O2. The molecule has 4 nitrogen and oxygen atoms in total. The first-order valence-corrected chi connectivity index (χ1v) is 5.01. The molecule has 0 aromatic heterocycles. The van der Waals surface area contributed by atoms with Gasteiger partial charge in [-0.15, -0.1) is 0 Å². The van der Waals surface area contributed by atoms with E-state index in [9.17, 15) is 14.0 Å². The standard InChI is InChI=1S/C10H8ClFN2O2/c11-9(12)10(16)13-6-1-2-7-5(3-6)4-8(15)14-7/h1-3,9H,4H2,(H,13,16)(H,14,15). The van der Waals surface area contributed by atoms with Crippen molar-refractivity contribution >= 4 is 34.8 Å². The van der Waals surface area contributed by atoms with Gasteiger partial charge in [-0.1, -0.05) is 11.6 Å². The van der Waals surface area contributed by atoms with Crippen LogP contribution in [0.25, 0.3) is 0 Å². The summed E-state index contributed by atoms with van der Waals surface area (Å²) in [6.07, 6.45) is 0.263. The zero-order valence-electron chi connectivity index (χ0n) is 8.09. The van der Waals surface area contributed by atoms with E-state index >= 15 is 0 Å². The van der Waals surface area contributed by atoms with Crippen LogP contribution in [-0.2, 0) is 16.0 Å². The Hall–Kier alpha value is -1.62. The molecule has 0 saturated carbocycles. The van der Waals surface area contributed by atoms with Gasteiger partial charge in [0.05, 0.1) is 6.42 Å². The molecule has 6 heteroatoms. The lowest BCUT2D eigenvalue weighted by Crippen LogP contribution is -2.19. The van der Waals surface area contributed by atoms with Crippen molar-refractivity contribution in [2.45, 2.75) is 12.1 Å². The van der Waals surface area contributed by atoms with Crippen molar-refractivity contribution in [2.24, 2.45) is 0 Å². The van der Waals surface area contributed by atoms with Crippen LogP contribution in [0.15, 0.2) is 18.2 Å². The van der Waals surface area contributed by atoms with Gasteiger partial charge in [-0.05, 0) is 23.8 Å². The minimum atomic E-state index is -2.08. The molecule has 1 aromatic rings. The second kappa shape index (κ2) is 4.09. The van der Waals surface area contributed by atoms with E-state index in [0.29, 0.717) is 11.4 Å². The Kier molecular flexibility index (Phi) is 2.78.